The average Bonchev–Trinajstić information content (AvgIpc) is 3.01. The van der Waals surface area contributed by atoms with Crippen molar-refractivity contribution < 1.29 is 55.4 Å². The fourth-order valence-corrected chi connectivity index (χ4v) is 4.48. The first-order valence-electron chi connectivity index (χ1n) is 12.0. The van der Waals surface area contributed by atoms with Gasteiger partial charge in [0.15, 0.2) is 0 Å². The van der Waals surface area contributed by atoms with E-state index in [2.05, 4.69) is 14.2 Å². The van der Waals surface area contributed by atoms with Crippen LogP contribution in [0.3, 0.4) is 0 Å². The summed E-state index contributed by atoms with van der Waals surface area (Å²) in [6.45, 7) is -2.11. The van der Waals surface area contributed by atoms with E-state index in [-0.39, 0.29) is 72.4 Å². The van der Waals surface area contributed by atoms with Crippen LogP contribution in [0.4, 0.5) is 0 Å². The van der Waals surface area contributed by atoms with Crippen LogP contribution in [-0.4, -0.2) is 106 Å². The number of carbonyl (C=O) groups is 3. The Bertz CT molecular complexity index is 1190. The molecule has 0 aliphatic carbocycles. The lowest BCUT2D eigenvalue weighted by atomic mass is 10.5. The highest BCUT2D eigenvalue weighted by molar-refractivity contribution is 7.97. The molecule has 0 spiro atoms. The van der Waals surface area contributed by atoms with Crippen molar-refractivity contribution >= 4 is 106 Å². The van der Waals surface area contributed by atoms with Crippen LogP contribution in [0.2, 0.25) is 0 Å². The van der Waals surface area contributed by atoms with Gasteiger partial charge in [-0.1, -0.05) is 0 Å². The number of methoxy groups -OCH3 is 3. The van der Waals surface area contributed by atoms with Gasteiger partial charge in [-0.3, -0.25) is 14.4 Å². The zero-order valence-corrected chi connectivity index (χ0v) is 28.7. The van der Waals surface area contributed by atoms with E-state index in [4.69, 9.17) is 63.4 Å². The van der Waals surface area contributed by atoms with Crippen LogP contribution >= 0.6 is 72.8 Å². The van der Waals surface area contributed by atoms with E-state index in [0.717, 1.165) is 0 Å². The molecule has 0 unspecified atom stereocenters. The highest BCUT2D eigenvalue weighted by Gasteiger charge is 2.17. The predicted molar refractivity (Wildman–Crippen MR) is 172 cm³/mol. The molecular formula is C21H27N3O15S6. The third-order valence-electron chi connectivity index (χ3n) is 4.58. The van der Waals surface area contributed by atoms with E-state index in [1.807, 2.05) is 0 Å². The monoisotopic (exact) mass is 753 g/mol. The molecular weight excluding hydrogens is 727 g/mol. The zero-order chi connectivity index (χ0) is 33.8. The molecule has 0 atom stereocenters. The summed E-state index contributed by atoms with van der Waals surface area (Å²) in [7, 11) is 3.59. The molecule has 0 saturated carbocycles. The van der Waals surface area contributed by atoms with E-state index < -0.39 is 35.0 Å². The minimum absolute atomic E-state index is 0.170. The Labute approximate surface area is 283 Å². The molecule has 252 valence electrons. The lowest BCUT2D eigenvalue weighted by Crippen LogP contribution is -2.55. The SMILES string of the molecule is COC(=O)CSOC(=S)OCCn1c(=O)n(CCOC(=S)OSCC(=O)OC)c(=O)n(CCOC(=S)OSCC(=O)OC)c1=O. The van der Waals surface area contributed by atoms with Crippen LogP contribution in [-0.2, 0) is 75.0 Å². The second-order valence-corrected chi connectivity index (χ2v) is 10.4. The van der Waals surface area contributed by atoms with Crippen molar-refractivity contribution in [3.05, 3.63) is 31.5 Å². The van der Waals surface area contributed by atoms with E-state index in [1.165, 1.54) is 21.3 Å². The molecule has 0 radical (unpaired) electrons. The van der Waals surface area contributed by atoms with E-state index >= 15 is 0 Å². The summed E-state index contributed by atoms with van der Waals surface area (Å²) in [5, 5.41) is -1.15. The highest BCUT2D eigenvalue weighted by atomic mass is 32.2. The fourth-order valence-electron chi connectivity index (χ4n) is 2.54. The van der Waals surface area contributed by atoms with Crippen LogP contribution in [0.25, 0.3) is 0 Å². The number of rotatable bonds is 18. The first kappa shape index (κ1) is 40.0. The lowest BCUT2D eigenvalue weighted by Gasteiger charge is -2.15. The van der Waals surface area contributed by atoms with Crippen molar-refractivity contribution in [1.82, 2.24) is 13.7 Å². The summed E-state index contributed by atoms with van der Waals surface area (Å²) >= 11 is 16.6. The normalized spacial score (nSPS) is 10.2. The molecule has 0 aliphatic heterocycles. The van der Waals surface area contributed by atoms with Gasteiger partial charge in [-0.15, -0.1) is 0 Å². The van der Waals surface area contributed by atoms with Crippen LogP contribution in [0.15, 0.2) is 14.4 Å². The van der Waals surface area contributed by atoms with Crippen LogP contribution in [0, 0.1) is 0 Å². The van der Waals surface area contributed by atoms with Gasteiger partial charge < -0.3 is 41.0 Å². The Kier molecular flexibility index (Phi) is 19.9. The Morgan fingerprint density at radius 1 is 0.533 bits per heavy atom. The van der Waals surface area contributed by atoms with Crippen molar-refractivity contribution in [3.63, 3.8) is 0 Å². The van der Waals surface area contributed by atoms with Gasteiger partial charge in [-0.05, 0) is 0 Å². The first-order valence-corrected chi connectivity index (χ1v) is 15.9. The summed E-state index contributed by atoms with van der Waals surface area (Å²) in [5.41, 5.74) is -3.02. The first-order chi connectivity index (χ1) is 21.4. The lowest BCUT2D eigenvalue weighted by molar-refractivity contribution is -0.138. The largest absolute Gasteiger partial charge is 0.468 e. The van der Waals surface area contributed by atoms with Crippen molar-refractivity contribution in [3.8, 4) is 0 Å². The molecule has 45 heavy (non-hydrogen) atoms. The number of aromatic nitrogens is 3. The van der Waals surface area contributed by atoms with E-state index in [9.17, 15) is 28.8 Å². The third-order valence-corrected chi connectivity index (χ3v) is 7.37. The maximum Gasteiger partial charge on any atom is 0.364 e. The number of nitrogens with zero attached hydrogens (tertiary/aromatic N) is 3. The standard InChI is InChI=1S/C21H27N3O15S6/c1-31-13(25)10-43-37-19(40)34-7-4-22-16(28)23(5-8-35-20(41)38-44-11-14(26)32-2)18(30)24(17(22)29)6-9-36-21(42)39-45-12-15(27)33-3/h4-12H2,1-3H3. The molecule has 1 heterocycles. The number of thiocarbonyl (C=S) groups is 3. The summed E-state index contributed by atoms with van der Waals surface area (Å²) in [6.07, 6.45) is 0. The number of carbonyl (C=O) groups excluding carboxylic acids is 3. The quantitative estimate of drug-likeness (QED) is 0.0810. The summed E-state index contributed by atoms with van der Waals surface area (Å²) in [4.78, 5) is 72.8. The number of esters is 3. The van der Waals surface area contributed by atoms with Gasteiger partial charge >= 0.3 is 50.7 Å². The molecule has 18 nitrogen and oxygen atoms in total. The van der Waals surface area contributed by atoms with Crippen LogP contribution < -0.4 is 17.1 Å². The van der Waals surface area contributed by atoms with Gasteiger partial charge in [-0.2, -0.15) is 0 Å². The molecule has 0 aliphatic rings. The van der Waals surface area contributed by atoms with Crippen LogP contribution in [0.1, 0.15) is 0 Å². The van der Waals surface area contributed by atoms with Crippen molar-refractivity contribution in [2.24, 2.45) is 0 Å². The van der Waals surface area contributed by atoms with Gasteiger partial charge in [-0.25, -0.2) is 28.1 Å². The predicted octanol–water partition coefficient (Wildman–Crippen LogP) is -0.410. The highest BCUT2D eigenvalue weighted by Crippen LogP contribution is 2.07. The Morgan fingerprint density at radius 3 is 1.00 bits per heavy atom. The van der Waals surface area contributed by atoms with Gasteiger partial charge in [0.05, 0.1) is 77.1 Å². The maximum atomic E-state index is 13.1. The fraction of sp³-hybridized carbons (Fsp3) is 0.571. The summed E-state index contributed by atoms with van der Waals surface area (Å²) in [6, 6.07) is 0. The smallest absolute Gasteiger partial charge is 0.364 e. The minimum atomic E-state index is -1.01. The van der Waals surface area contributed by atoms with Crippen LogP contribution in [0.5, 0.6) is 0 Å². The molecule has 1 rings (SSSR count). The Balaban J connectivity index is 2.98. The van der Waals surface area contributed by atoms with Gasteiger partial charge in [0.25, 0.3) is 0 Å². The number of hydrogen-bond donors (Lipinski definition) is 0. The topological polar surface area (TPSA) is 200 Å². The molecule has 0 amide bonds. The molecule has 0 saturated heterocycles. The second-order valence-electron chi connectivity index (χ2n) is 7.36. The van der Waals surface area contributed by atoms with E-state index in [1.54, 1.807) is 0 Å². The molecule has 0 aromatic carbocycles. The molecule has 0 N–H and O–H groups in total. The molecule has 24 heteroatoms. The van der Waals surface area contributed by atoms with Crippen molar-refractivity contribution in [1.29, 1.82) is 0 Å². The molecule has 0 bridgehead atoms. The third kappa shape index (κ3) is 15.7. The number of ether oxygens (including phenoxy) is 6. The number of hydrogen-bond acceptors (Lipinski definition) is 21. The molecule has 1 aromatic rings. The van der Waals surface area contributed by atoms with Crippen molar-refractivity contribution in [2.45, 2.75) is 19.6 Å². The molecule has 0 fully saturated rings. The summed E-state index contributed by atoms with van der Waals surface area (Å²) < 4.78 is 46.0. The second kappa shape index (κ2) is 22.4. The Hall–Kier alpha value is -3.06. The minimum Gasteiger partial charge on any atom is -0.468 e. The molecule has 1 aromatic heterocycles. The summed E-state index contributed by atoms with van der Waals surface area (Å²) in [5.74, 6) is -2.21. The average molecular weight is 754 g/mol. The van der Waals surface area contributed by atoms with Gasteiger partial charge in [0.1, 0.15) is 37.1 Å². The van der Waals surface area contributed by atoms with Gasteiger partial charge in [0.2, 0.25) is 0 Å². The van der Waals surface area contributed by atoms with E-state index in [0.29, 0.717) is 49.8 Å². The van der Waals surface area contributed by atoms with Crippen molar-refractivity contribution in [2.75, 3.05) is 58.4 Å². The zero-order valence-electron chi connectivity index (χ0n) is 23.8. The Morgan fingerprint density at radius 2 is 0.778 bits per heavy atom. The maximum absolute atomic E-state index is 13.1. The van der Waals surface area contributed by atoms with Gasteiger partial charge in [0, 0.05) is 36.7 Å².